The molecule has 1 rings (SSSR count). The van der Waals surface area contributed by atoms with Gasteiger partial charge in [0.15, 0.2) is 0 Å². The number of benzene rings is 1. The summed E-state index contributed by atoms with van der Waals surface area (Å²) in [5, 5.41) is 7.45. The number of rotatable bonds is 4. The van der Waals surface area contributed by atoms with E-state index in [0.29, 0.717) is 5.69 Å². The van der Waals surface area contributed by atoms with Crippen molar-refractivity contribution in [3.8, 4) is 0 Å². The molecular weight excluding hydrogens is 279 g/mol. The number of ether oxygens (including phenoxy) is 1. The molecule has 0 bridgehead atoms. The smallest absolute Gasteiger partial charge is 0.343 e. The maximum atomic E-state index is 12.6. The van der Waals surface area contributed by atoms with Crippen molar-refractivity contribution in [3.05, 3.63) is 30.1 Å². The van der Waals surface area contributed by atoms with E-state index in [2.05, 4.69) is 26.2 Å². The van der Waals surface area contributed by atoms with E-state index in [1.807, 2.05) is 0 Å². The van der Waals surface area contributed by atoms with Crippen LogP contribution in [0, 0.1) is 5.82 Å². The van der Waals surface area contributed by atoms with Crippen molar-refractivity contribution in [1.82, 2.24) is 0 Å². The summed E-state index contributed by atoms with van der Waals surface area (Å²) in [6.07, 6.45) is 0. The van der Waals surface area contributed by atoms with E-state index in [1.165, 1.54) is 24.3 Å². The molecule has 86 valence electrons. The van der Waals surface area contributed by atoms with E-state index in [0.717, 1.165) is 0 Å². The minimum atomic E-state index is -0.836. The highest BCUT2D eigenvalue weighted by atomic mass is 79.9. The minimum Gasteiger partial charge on any atom is -0.464 e. The van der Waals surface area contributed by atoms with Crippen LogP contribution in [0.25, 0.3) is 0 Å². The lowest BCUT2D eigenvalue weighted by Crippen LogP contribution is -2.14. The van der Waals surface area contributed by atoms with Crippen LogP contribution in [0.2, 0.25) is 0 Å². The molecule has 0 aliphatic rings. The summed E-state index contributed by atoms with van der Waals surface area (Å²) in [5.74, 6) is -0.854. The maximum Gasteiger partial charge on any atom is 0.343 e. The average molecular weight is 289 g/mol. The number of carbonyl (C=O) groups excluding carboxylic acids is 1. The quantitative estimate of drug-likeness (QED) is 0.370. The highest BCUT2D eigenvalue weighted by Crippen LogP contribution is 2.15. The third-order valence-corrected chi connectivity index (χ3v) is 2.14. The van der Waals surface area contributed by atoms with Gasteiger partial charge in [0, 0.05) is 0 Å². The molecule has 0 saturated heterocycles. The molecule has 0 radical (unpaired) electrons. The number of hydrogen-bond acceptors (Lipinski definition) is 4. The Bertz CT molecular complexity index is 381. The molecule has 1 atom stereocenters. The summed E-state index contributed by atoms with van der Waals surface area (Å²) in [6, 6.07) is 5.46. The number of alkyl halides is 1. The number of azo groups is 1. The number of halogens is 2. The first-order valence-corrected chi connectivity index (χ1v) is 5.52. The van der Waals surface area contributed by atoms with Gasteiger partial charge in [-0.05, 0) is 47.1 Å². The third-order valence-electron chi connectivity index (χ3n) is 1.58. The average Bonchev–Trinajstić information content (AvgIpc) is 2.28. The van der Waals surface area contributed by atoms with Crippen LogP contribution in [0.15, 0.2) is 34.5 Å². The normalized spacial score (nSPS) is 12.7. The van der Waals surface area contributed by atoms with E-state index in [1.54, 1.807) is 6.92 Å². The molecule has 0 amide bonds. The standard InChI is InChI=1S/C10H10BrFN2O2/c1-2-16-10(15)9(11)14-13-8-5-3-7(12)4-6-8/h3-6,9H,2H2,1H3. The zero-order valence-electron chi connectivity index (χ0n) is 8.56. The number of esters is 1. The topological polar surface area (TPSA) is 51.0 Å². The van der Waals surface area contributed by atoms with Crippen LogP contribution in [0.1, 0.15) is 6.92 Å². The van der Waals surface area contributed by atoms with Crippen LogP contribution in [0.3, 0.4) is 0 Å². The Morgan fingerprint density at radius 1 is 1.50 bits per heavy atom. The van der Waals surface area contributed by atoms with Crippen molar-refractivity contribution in [2.75, 3.05) is 6.61 Å². The molecule has 0 N–H and O–H groups in total. The molecule has 4 nitrogen and oxygen atoms in total. The number of carbonyl (C=O) groups is 1. The first kappa shape index (κ1) is 12.8. The summed E-state index contributed by atoms with van der Waals surface area (Å²) in [7, 11) is 0. The van der Waals surface area contributed by atoms with Crippen LogP contribution in [0.4, 0.5) is 10.1 Å². The van der Waals surface area contributed by atoms with Gasteiger partial charge in [0.1, 0.15) is 5.82 Å². The summed E-state index contributed by atoms with van der Waals surface area (Å²) < 4.78 is 17.3. The van der Waals surface area contributed by atoms with Crippen LogP contribution in [-0.4, -0.2) is 17.5 Å². The monoisotopic (exact) mass is 288 g/mol. The minimum absolute atomic E-state index is 0.285. The van der Waals surface area contributed by atoms with Gasteiger partial charge in [0.05, 0.1) is 12.3 Å². The van der Waals surface area contributed by atoms with Gasteiger partial charge in [-0.1, -0.05) is 0 Å². The fourth-order valence-electron chi connectivity index (χ4n) is 0.883. The number of hydrogen-bond donors (Lipinski definition) is 0. The molecule has 16 heavy (non-hydrogen) atoms. The Morgan fingerprint density at radius 3 is 2.69 bits per heavy atom. The molecule has 0 aliphatic carbocycles. The lowest BCUT2D eigenvalue weighted by atomic mass is 10.3. The van der Waals surface area contributed by atoms with Crippen LogP contribution in [0.5, 0.6) is 0 Å². The fourth-order valence-corrected chi connectivity index (χ4v) is 1.11. The second kappa shape index (κ2) is 6.32. The van der Waals surface area contributed by atoms with Gasteiger partial charge in [0.25, 0.3) is 0 Å². The molecule has 0 heterocycles. The highest BCUT2D eigenvalue weighted by molar-refractivity contribution is 9.10. The Morgan fingerprint density at radius 2 is 2.12 bits per heavy atom. The van der Waals surface area contributed by atoms with Gasteiger partial charge in [-0.25, -0.2) is 9.18 Å². The molecule has 1 unspecified atom stereocenters. The van der Waals surface area contributed by atoms with E-state index < -0.39 is 10.9 Å². The van der Waals surface area contributed by atoms with Crippen molar-refractivity contribution < 1.29 is 13.9 Å². The second-order valence-electron chi connectivity index (χ2n) is 2.78. The molecular formula is C10H10BrFN2O2. The molecule has 0 spiro atoms. The molecule has 0 aromatic heterocycles. The highest BCUT2D eigenvalue weighted by Gasteiger charge is 2.14. The van der Waals surface area contributed by atoms with Gasteiger partial charge >= 0.3 is 5.97 Å². The summed E-state index contributed by atoms with van der Waals surface area (Å²) in [4.78, 5) is 10.3. The second-order valence-corrected chi connectivity index (χ2v) is 3.65. The molecule has 1 aromatic rings. The van der Waals surface area contributed by atoms with Gasteiger partial charge in [0.2, 0.25) is 4.95 Å². The Labute approximate surface area is 101 Å². The van der Waals surface area contributed by atoms with Gasteiger partial charge in [-0.3, -0.25) is 0 Å². The first-order chi connectivity index (χ1) is 7.63. The zero-order valence-corrected chi connectivity index (χ0v) is 10.1. The summed E-state index contributed by atoms with van der Waals surface area (Å²) >= 11 is 3.01. The lowest BCUT2D eigenvalue weighted by molar-refractivity contribution is -0.142. The Kier molecular flexibility index (Phi) is 5.04. The van der Waals surface area contributed by atoms with E-state index in [9.17, 15) is 9.18 Å². The van der Waals surface area contributed by atoms with Gasteiger partial charge in [-0.2, -0.15) is 10.2 Å². The Hall–Kier alpha value is -1.30. The summed E-state index contributed by atoms with van der Waals surface area (Å²) in [6.45, 7) is 1.99. The maximum absolute atomic E-state index is 12.6. The van der Waals surface area contributed by atoms with E-state index in [4.69, 9.17) is 4.74 Å². The van der Waals surface area contributed by atoms with Gasteiger partial charge < -0.3 is 4.74 Å². The SMILES string of the molecule is CCOC(=O)C(Br)N=Nc1ccc(F)cc1. The van der Waals surface area contributed by atoms with Crippen molar-refractivity contribution in [3.63, 3.8) is 0 Å². The van der Waals surface area contributed by atoms with E-state index in [-0.39, 0.29) is 12.4 Å². The van der Waals surface area contributed by atoms with Crippen LogP contribution in [-0.2, 0) is 9.53 Å². The molecule has 0 aliphatic heterocycles. The van der Waals surface area contributed by atoms with Crippen LogP contribution < -0.4 is 0 Å². The number of nitrogens with zero attached hydrogens (tertiary/aromatic N) is 2. The fraction of sp³-hybridized carbons (Fsp3) is 0.300. The Balaban J connectivity index is 2.59. The molecule has 0 fully saturated rings. The molecule has 1 aromatic carbocycles. The van der Waals surface area contributed by atoms with E-state index >= 15 is 0 Å². The van der Waals surface area contributed by atoms with Crippen molar-refractivity contribution in [2.24, 2.45) is 10.2 Å². The van der Waals surface area contributed by atoms with Crippen molar-refractivity contribution >= 4 is 27.6 Å². The predicted octanol–water partition coefficient (Wildman–Crippen LogP) is 3.19. The van der Waals surface area contributed by atoms with Gasteiger partial charge in [-0.15, -0.1) is 0 Å². The lowest BCUT2D eigenvalue weighted by Gasteiger charge is -2.02. The predicted molar refractivity (Wildman–Crippen MR) is 60.3 cm³/mol. The largest absolute Gasteiger partial charge is 0.464 e. The summed E-state index contributed by atoms with van der Waals surface area (Å²) in [5.41, 5.74) is 0.468. The van der Waals surface area contributed by atoms with Crippen molar-refractivity contribution in [1.29, 1.82) is 0 Å². The molecule has 6 heteroatoms. The van der Waals surface area contributed by atoms with Crippen LogP contribution >= 0.6 is 15.9 Å². The molecule has 0 saturated carbocycles. The first-order valence-electron chi connectivity index (χ1n) is 4.60. The zero-order chi connectivity index (χ0) is 12.0. The third kappa shape index (κ3) is 4.06. The van der Waals surface area contributed by atoms with Crippen molar-refractivity contribution in [2.45, 2.75) is 11.9 Å².